The minimum Gasteiger partial charge on any atom is -0.493 e. The first-order valence-electron chi connectivity index (χ1n) is 15.4. The van der Waals surface area contributed by atoms with Crippen molar-refractivity contribution in [2.24, 2.45) is 0 Å². The van der Waals surface area contributed by atoms with Crippen LogP contribution in [0.1, 0.15) is 96.4 Å². The molecule has 2 atom stereocenters. The van der Waals surface area contributed by atoms with Gasteiger partial charge in [-0.1, -0.05) is 18.2 Å². The first-order chi connectivity index (χ1) is 21.5. The summed E-state index contributed by atoms with van der Waals surface area (Å²) in [6, 6.07) is 8.35. The van der Waals surface area contributed by atoms with E-state index >= 15 is 0 Å². The Balaban J connectivity index is 0.0000115. The van der Waals surface area contributed by atoms with Gasteiger partial charge in [-0.05, 0) is 122 Å². The Hall–Kier alpha value is -0.886. The SMILES string of the molecule is CC(O)CCC(CCc1ccc(OCCCc2ccc(C(F)(F)F)cc2)c(C(F)(F)F)c1)(COP(OC(C)(C)C)OC(C)(C)C)NO.[Y]. The van der Waals surface area contributed by atoms with Crippen molar-refractivity contribution in [2.75, 3.05) is 13.2 Å². The third-order valence-corrected chi connectivity index (χ3v) is 8.54. The largest absolute Gasteiger partial charge is 0.493 e. The van der Waals surface area contributed by atoms with Gasteiger partial charge in [-0.15, -0.1) is 0 Å². The Bertz CT molecular complexity index is 1220. The molecule has 0 fully saturated rings. The third-order valence-electron chi connectivity index (χ3n) is 6.81. The van der Waals surface area contributed by atoms with Crippen LogP contribution in [-0.2, 0) is 71.5 Å². The zero-order valence-electron chi connectivity index (χ0n) is 28.6. The molecule has 0 spiro atoms. The number of nitrogens with one attached hydrogen (secondary N) is 1. The van der Waals surface area contributed by atoms with Gasteiger partial charge < -0.3 is 28.6 Å². The maximum atomic E-state index is 14.1. The molecule has 0 heterocycles. The summed E-state index contributed by atoms with van der Waals surface area (Å²) in [5.74, 6) is -0.359. The van der Waals surface area contributed by atoms with Gasteiger partial charge in [0.15, 0.2) is 0 Å². The molecule has 0 amide bonds. The average Bonchev–Trinajstić information content (AvgIpc) is 2.93. The van der Waals surface area contributed by atoms with Crippen molar-refractivity contribution in [3.05, 3.63) is 64.7 Å². The average molecular weight is 789 g/mol. The van der Waals surface area contributed by atoms with Crippen LogP contribution in [0.2, 0.25) is 0 Å². The number of benzene rings is 2. The van der Waals surface area contributed by atoms with E-state index in [1.165, 1.54) is 24.3 Å². The predicted octanol–water partition coefficient (Wildman–Crippen LogP) is 9.42. The second kappa shape index (κ2) is 19.1. The second-order valence-electron chi connectivity index (χ2n) is 13.7. The summed E-state index contributed by atoms with van der Waals surface area (Å²) in [4.78, 5) is 0. The smallest absolute Gasteiger partial charge is 0.419 e. The summed E-state index contributed by atoms with van der Waals surface area (Å²) in [5, 5.41) is 20.2. The first-order valence-corrected chi connectivity index (χ1v) is 16.5. The van der Waals surface area contributed by atoms with E-state index in [4.69, 9.17) is 18.3 Å². The molecular weight excluding hydrogens is 740 g/mol. The van der Waals surface area contributed by atoms with Crippen molar-refractivity contribution in [2.45, 2.75) is 122 Å². The van der Waals surface area contributed by atoms with Crippen LogP contribution in [0.15, 0.2) is 42.5 Å². The van der Waals surface area contributed by atoms with E-state index in [0.29, 0.717) is 24.0 Å². The second-order valence-corrected chi connectivity index (χ2v) is 14.7. The van der Waals surface area contributed by atoms with Gasteiger partial charge in [0.2, 0.25) is 0 Å². The summed E-state index contributed by atoms with van der Waals surface area (Å²) in [5.41, 5.74) is -0.853. The van der Waals surface area contributed by atoms with Gasteiger partial charge in [0.1, 0.15) is 5.75 Å². The fourth-order valence-corrected chi connectivity index (χ4v) is 5.77. The molecule has 3 N–H and O–H groups in total. The number of aryl methyl sites for hydroxylation is 2. The van der Waals surface area contributed by atoms with E-state index in [1.54, 1.807) is 6.92 Å². The van der Waals surface area contributed by atoms with Gasteiger partial charge in [-0.25, -0.2) is 0 Å². The molecule has 0 bridgehead atoms. The molecule has 0 aromatic heterocycles. The van der Waals surface area contributed by atoms with Crippen molar-refractivity contribution < 1.29 is 87.7 Å². The van der Waals surface area contributed by atoms with Crippen LogP contribution in [0.4, 0.5) is 26.3 Å². The van der Waals surface area contributed by atoms with Gasteiger partial charge in [-0.3, -0.25) is 0 Å². The number of aliphatic hydroxyl groups excluding tert-OH is 1. The van der Waals surface area contributed by atoms with Gasteiger partial charge in [0.25, 0.3) is 0 Å². The van der Waals surface area contributed by atoms with Crippen LogP contribution in [0.5, 0.6) is 5.75 Å². The fraction of sp³-hybridized carbons (Fsp3) is 0.636. The Morgan fingerprint density at radius 2 is 1.35 bits per heavy atom. The van der Waals surface area contributed by atoms with Gasteiger partial charge in [0, 0.05) is 32.7 Å². The summed E-state index contributed by atoms with van der Waals surface area (Å²) in [6.07, 6.45) is -8.47. The molecule has 271 valence electrons. The van der Waals surface area contributed by atoms with E-state index in [2.05, 4.69) is 5.48 Å². The number of alkyl halides is 6. The van der Waals surface area contributed by atoms with E-state index in [0.717, 1.165) is 18.2 Å². The number of hydrogen-bond acceptors (Lipinski definition) is 7. The Morgan fingerprint density at radius 1 is 0.792 bits per heavy atom. The minimum absolute atomic E-state index is 0. The molecular formula is C33H48F6NO6PY. The summed E-state index contributed by atoms with van der Waals surface area (Å²) in [6.45, 7) is 12.5. The molecule has 2 aromatic carbocycles. The zero-order valence-corrected chi connectivity index (χ0v) is 32.3. The normalized spacial score (nSPS) is 14.8. The zero-order chi connectivity index (χ0) is 35.7. The van der Waals surface area contributed by atoms with Crippen molar-refractivity contribution in [3.63, 3.8) is 0 Å². The number of ether oxygens (including phenoxy) is 1. The van der Waals surface area contributed by atoms with Crippen molar-refractivity contribution in [1.82, 2.24) is 5.48 Å². The maximum absolute atomic E-state index is 14.1. The van der Waals surface area contributed by atoms with Crippen molar-refractivity contribution in [3.8, 4) is 5.75 Å². The molecule has 15 heteroatoms. The Labute approximate surface area is 306 Å². The quantitative estimate of drug-likeness (QED) is 0.0638. The molecule has 2 rings (SSSR count). The van der Waals surface area contributed by atoms with Gasteiger partial charge >= 0.3 is 21.0 Å². The van der Waals surface area contributed by atoms with Crippen molar-refractivity contribution >= 4 is 8.60 Å². The molecule has 0 aliphatic carbocycles. The van der Waals surface area contributed by atoms with E-state index in [9.17, 15) is 36.7 Å². The summed E-state index contributed by atoms with van der Waals surface area (Å²) >= 11 is 0. The molecule has 0 saturated heterocycles. The molecule has 0 saturated carbocycles. The van der Waals surface area contributed by atoms with Crippen LogP contribution in [0.3, 0.4) is 0 Å². The van der Waals surface area contributed by atoms with E-state index < -0.39 is 54.9 Å². The van der Waals surface area contributed by atoms with E-state index in [-0.39, 0.29) is 77.4 Å². The fourth-order valence-electron chi connectivity index (χ4n) is 4.38. The van der Waals surface area contributed by atoms with E-state index in [1.807, 2.05) is 41.5 Å². The minimum atomic E-state index is -4.72. The number of hydrogen-bond donors (Lipinski definition) is 3. The number of hydroxylamine groups is 1. The Kier molecular flexibility index (Phi) is 18.0. The van der Waals surface area contributed by atoms with Crippen LogP contribution in [-0.4, -0.2) is 46.4 Å². The van der Waals surface area contributed by atoms with Crippen molar-refractivity contribution in [1.29, 1.82) is 0 Å². The molecule has 0 aliphatic rings. The summed E-state index contributed by atoms with van der Waals surface area (Å²) < 4.78 is 104. The van der Waals surface area contributed by atoms with Gasteiger partial charge in [0.05, 0.1) is 47.2 Å². The van der Waals surface area contributed by atoms with Crippen LogP contribution >= 0.6 is 8.60 Å². The van der Waals surface area contributed by atoms with Crippen LogP contribution < -0.4 is 10.2 Å². The molecule has 2 unspecified atom stereocenters. The molecule has 7 nitrogen and oxygen atoms in total. The Morgan fingerprint density at radius 3 is 1.83 bits per heavy atom. The molecule has 48 heavy (non-hydrogen) atoms. The first kappa shape index (κ1) is 45.1. The monoisotopic (exact) mass is 788 g/mol. The van der Waals surface area contributed by atoms with Crippen LogP contribution in [0, 0.1) is 0 Å². The predicted molar refractivity (Wildman–Crippen MR) is 168 cm³/mol. The summed E-state index contributed by atoms with van der Waals surface area (Å²) in [7, 11) is -1.88. The number of rotatable bonds is 17. The number of aliphatic hydroxyl groups is 1. The topological polar surface area (TPSA) is 89.4 Å². The third kappa shape index (κ3) is 16.9. The standard InChI is InChI=1S/C33H48F6NO6P.Y/c1-23(41)16-18-31(40-42,22-44-47(45-29(2,3)4)46-30(5,6)7)19-17-25-12-15-28(27(21-25)33(37,38)39)43-20-8-9-24-10-13-26(14-11-24)32(34,35)36;/h10-15,21,23,40-42H,8-9,16-20,22H2,1-7H3;. The molecule has 2 aromatic rings. The maximum Gasteiger partial charge on any atom is 0.419 e. The van der Waals surface area contributed by atoms with Gasteiger partial charge in [-0.2, -0.15) is 31.8 Å². The molecule has 0 aliphatic heterocycles. The number of halogens is 6. The molecule has 1 radical (unpaired) electrons. The van der Waals surface area contributed by atoms with Crippen LogP contribution in [0.25, 0.3) is 0 Å².